The predicted octanol–water partition coefficient (Wildman–Crippen LogP) is 2.66. The second-order valence-corrected chi connectivity index (χ2v) is 4.56. The molecule has 1 nitrogen and oxygen atoms in total. The Labute approximate surface area is 78.6 Å². The fourth-order valence-electron chi connectivity index (χ4n) is 1.10. The van der Waals surface area contributed by atoms with Gasteiger partial charge in [-0.2, -0.15) is 0 Å². The van der Waals surface area contributed by atoms with Crippen LogP contribution in [0.2, 0.25) is 0 Å². The van der Waals surface area contributed by atoms with Crippen LogP contribution >= 0.6 is 11.3 Å². The van der Waals surface area contributed by atoms with Gasteiger partial charge >= 0.3 is 0 Å². The highest BCUT2D eigenvalue weighted by Crippen LogP contribution is 2.13. The Balaban J connectivity index is 2.27. The van der Waals surface area contributed by atoms with Crippen molar-refractivity contribution < 1.29 is 0 Å². The van der Waals surface area contributed by atoms with E-state index in [0.29, 0.717) is 12.0 Å². The van der Waals surface area contributed by atoms with Crippen molar-refractivity contribution in [1.29, 1.82) is 0 Å². The van der Waals surface area contributed by atoms with Crippen LogP contribution in [0.3, 0.4) is 0 Å². The average Bonchev–Trinajstić information content (AvgIpc) is 2.51. The number of aryl methyl sites for hydroxylation is 1. The van der Waals surface area contributed by atoms with E-state index >= 15 is 0 Å². The Morgan fingerprint density at radius 2 is 2.25 bits per heavy atom. The van der Waals surface area contributed by atoms with Crippen LogP contribution in [0.25, 0.3) is 0 Å². The van der Waals surface area contributed by atoms with Gasteiger partial charge in [-0.3, -0.25) is 0 Å². The molecule has 1 heterocycles. The Morgan fingerprint density at radius 3 is 2.75 bits per heavy atom. The van der Waals surface area contributed by atoms with Crippen LogP contribution in [0.15, 0.2) is 17.5 Å². The van der Waals surface area contributed by atoms with E-state index in [1.807, 2.05) is 11.3 Å². The van der Waals surface area contributed by atoms with Crippen molar-refractivity contribution in [3.63, 3.8) is 0 Å². The fraction of sp³-hybridized carbons (Fsp3) is 0.600. The third kappa shape index (κ3) is 2.95. The number of hydrogen-bond acceptors (Lipinski definition) is 2. The van der Waals surface area contributed by atoms with Crippen LogP contribution in [0.5, 0.6) is 0 Å². The van der Waals surface area contributed by atoms with E-state index in [1.54, 1.807) is 0 Å². The third-order valence-electron chi connectivity index (χ3n) is 2.16. The first-order valence-corrected chi connectivity index (χ1v) is 5.36. The maximum Gasteiger partial charge on any atom is 0.00653 e. The summed E-state index contributed by atoms with van der Waals surface area (Å²) in [6.45, 7) is 4.36. The summed E-state index contributed by atoms with van der Waals surface area (Å²) in [4.78, 5) is 1.45. The topological polar surface area (TPSA) is 26.0 Å². The summed E-state index contributed by atoms with van der Waals surface area (Å²) in [6, 6.07) is 4.63. The standard InChI is InChI=1S/C10H17NS/c1-8(2)10(11)6-5-9-4-3-7-12-9/h3-4,7-8,10H,5-6,11H2,1-2H3. The first kappa shape index (κ1) is 9.75. The highest BCUT2D eigenvalue weighted by Gasteiger charge is 2.07. The summed E-state index contributed by atoms with van der Waals surface area (Å²) in [7, 11) is 0. The summed E-state index contributed by atoms with van der Waals surface area (Å²) < 4.78 is 0. The van der Waals surface area contributed by atoms with E-state index in [0.717, 1.165) is 12.8 Å². The smallest absolute Gasteiger partial charge is 0.00653 e. The fourth-order valence-corrected chi connectivity index (χ4v) is 1.82. The molecule has 1 aromatic heterocycles. The van der Waals surface area contributed by atoms with Crippen LogP contribution in [0.4, 0.5) is 0 Å². The van der Waals surface area contributed by atoms with Crippen molar-refractivity contribution >= 4 is 11.3 Å². The summed E-state index contributed by atoms with van der Waals surface area (Å²) >= 11 is 1.82. The number of nitrogens with two attached hydrogens (primary N) is 1. The van der Waals surface area contributed by atoms with Gasteiger partial charge in [0, 0.05) is 10.9 Å². The molecular formula is C10H17NS. The quantitative estimate of drug-likeness (QED) is 0.763. The monoisotopic (exact) mass is 183 g/mol. The van der Waals surface area contributed by atoms with E-state index < -0.39 is 0 Å². The van der Waals surface area contributed by atoms with E-state index in [1.165, 1.54) is 4.88 Å². The summed E-state index contributed by atoms with van der Waals surface area (Å²) in [5.74, 6) is 0.602. The molecule has 2 N–H and O–H groups in total. The molecule has 12 heavy (non-hydrogen) atoms. The molecule has 0 amide bonds. The maximum absolute atomic E-state index is 5.94. The van der Waals surface area contributed by atoms with Crippen LogP contribution in [0, 0.1) is 5.92 Å². The Bertz CT molecular complexity index is 204. The van der Waals surface area contributed by atoms with Crippen molar-refractivity contribution in [3.05, 3.63) is 22.4 Å². The summed E-state index contributed by atoms with van der Waals surface area (Å²) in [5, 5.41) is 2.12. The minimum Gasteiger partial charge on any atom is -0.327 e. The predicted molar refractivity (Wildman–Crippen MR) is 55.5 cm³/mol. The van der Waals surface area contributed by atoms with Gasteiger partial charge in [0.1, 0.15) is 0 Å². The molecule has 0 radical (unpaired) electrons. The molecule has 0 saturated carbocycles. The van der Waals surface area contributed by atoms with Gasteiger partial charge in [-0.15, -0.1) is 11.3 Å². The van der Waals surface area contributed by atoms with Gasteiger partial charge in [0.2, 0.25) is 0 Å². The van der Waals surface area contributed by atoms with Crippen molar-refractivity contribution in [2.24, 2.45) is 11.7 Å². The molecule has 0 aliphatic heterocycles. The normalized spacial score (nSPS) is 13.7. The first-order valence-electron chi connectivity index (χ1n) is 4.48. The lowest BCUT2D eigenvalue weighted by Gasteiger charge is -2.14. The summed E-state index contributed by atoms with van der Waals surface area (Å²) in [6.07, 6.45) is 2.25. The first-order chi connectivity index (χ1) is 5.70. The lowest BCUT2D eigenvalue weighted by atomic mass is 10.0. The molecule has 0 bridgehead atoms. The van der Waals surface area contributed by atoms with Crippen LogP contribution in [0.1, 0.15) is 25.1 Å². The van der Waals surface area contributed by atoms with Crippen LogP contribution in [-0.4, -0.2) is 6.04 Å². The largest absolute Gasteiger partial charge is 0.327 e. The van der Waals surface area contributed by atoms with Gasteiger partial charge < -0.3 is 5.73 Å². The zero-order valence-electron chi connectivity index (χ0n) is 7.79. The molecule has 1 rings (SSSR count). The van der Waals surface area contributed by atoms with Crippen molar-refractivity contribution in [3.8, 4) is 0 Å². The Kier molecular flexibility index (Phi) is 3.76. The van der Waals surface area contributed by atoms with Gasteiger partial charge in [0.05, 0.1) is 0 Å². The van der Waals surface area contributed by atoms with Crippen molar-refractivity contribution in [1.82, 2.24) is 0 Å². The minimum absolute atomic E-state index is 0.354. The Hall–Kier alpha value is -0.340. The number of thiophene rings is 1. The average molecular weight is 183 g/mol. The Morgan fingerprint density at radius 1 is 1.50 bits per heavy atom. The van der Waals surface area contributed by atoms with Crippen molar-refractivity contribution in [2.45, 2.75) is 32.7 Å². The minimum atomic E-state index is 0.354. The molecule has 0 aromatic carbocycles. The number of hydrogen-bond donors (Lipinski definition) is 1. The molecule has 1 aromatic rings. The van der Waals surface area contributed by atoms with E-state index in [-0.39, 0.29) is 0 Å². The zero-order chi connectivity index (χ0) is 8.97. The maximum atomic E-state index is 5.94. The lowest BCUT2D eigenvalue weighted by molar-refractivity contribution is 0.465. The molecule has 0 aliphatic carbocycles. The van der Waals surface area contributed by atoms with Gasteiger partial charge in [-0.05, 0) is 30.2 Å². The van der Waals surface area contributed by atoms with Gasteiger partial charge in [0.15, 0.2) is 0 Å². The molecular weight excluding hydrogens is 166 g/mol. The zero-order valence-corrected chi connectivity index (χ0v) is 8.60. The molecule has 0 fully saturated rings. The van der Waals surface area contributed by atoms with E-state index in [4.69, 9.17) is 5.73 Å². The molecule has 2 heteroatoms. The molecule has 0 spiro atoms. The van der Waals surface area contributed by atoms with Crippen LogP contribution in [-0.2, 0) is 6.42 Å². The molecule has 1 atom stereocenters. The molecule has 68 valence electrons. The second kappa shape index (κ2) is 4.63. The van der Waals surface area contributed by atoms with E-state index in [9.17, 15) is 0 Å². The van der Waals surface area contributed by atoms with Gasteiger partial charge in [-0.1, -0.05) is 19.9 Å². The van der Waals surface area contributed by atoms with Gasteiger partial charge in [0.25, 0.3) is 0 Å². The third-order valence-corrected chi connectivity index (χ3v) is 3.10. The SMILES string of the molecule is CC(C)C(N)CCc1cccs1. The van der Waals surface area contributed by atoms with E-state index in [2.05, 4.69) is 31.4 Å². The molecule has 0 saturated heterocycles. The molecule has 0 aliphatic rings. The highest BCUT2D eigenvalue weighted by atomic mass is 32.1. The number of rotatable bonds is 4. The highest BCUT2D eigenvalue weighted by molar-refractivity contribution is 7.09. The summed E-state index contributed by atoms with van der Waals surface area (Å²) in [5.41, 5.74) is 5.94. The van der Waals surface area contributed by atoms with Gasteiger partial charge in [-0.25, -0.2) is 0 Å². The molecule has 1 unspecified atom stereocenters. The second-order valence-electron chi connectivity index (χ2n) is 3.53. The van der Waals surface area contributed by atoms with Crippen LogP contribution < -0.4 is 5.73 Å². The lowest BCUT2D eigenvalue weighted by Crippen LogP contribution is -2.26. The van der Waals surface area contributed by atoms with Crippen molar-refractivity contribution in [2.75, 3.05) is 0 Å².